The fourth-order valence-electron chi connectivity index (χ4n) is 1.20. The van der Waals surface area contributed by atoms with Crippen LogP contribution in [0.4, 0.5) is 8.78 Å². The van der Waals surface area contributed by atoms with Gasteiger partial charge < -0.3 is 0 Å². The molecular weight excluding hydrogens is 212 g/mol. The van der Waals surface area contributed by atoms with Gasteiger partial charge in [0.15, 0.2) is 5.65 Å². The number of nitrogens with zero attached hydrogens (tertiary/aromatic N) is 3. The summed E-state index contributed by atoms with van der Waals surface area (Å²) in [5.41, 5.74) is 0.195. The number of alkyl halides is 2. The minimum absolute atomic E-state index is 0.137. The molecule has 2 aromatic rings. The molecule has 0 fully saturated rings. The maximum Gasteiger partial charge on any atom is 0.264 e. The van der Waals surface area contributed by atoms with E-state index in [1.165, 1.54) is 16.6 Å². The van der Waals surface area contributed by atoms with Crippen LogP contribution in [-0.4, -0.2) is 14.6 Å². The van der Waals surface area contributed by atoms with Crippen LogP contribution in [0.1, 0.15) is 17.8 Å². The molecule has 0 radical (unpaired) electrons. The van der Waals surface area contributed by atoms with Crippen molar-refractivity contribution in [2.75, 3.05) is 0 Å². The van der Waals surface area contributed by atoms with Crippen LogP contribution < -0.4 is 0 Å². The van der Waals surface area contributed by atoms with E-state index in [0.29, 0.717) is 11.5 Å². The zero-order valence-corrected chi connectivity index (χ0v) is 7.96. The molecule has 74 valence electrons. The van der Waals surface area contributed by atoms with Gasteiger partial charge in [0.25, 0.3) is 6.43 Å². The predicted octanol–water partition coefficient (Wildman–Crippen LogP) is 2.63. The van der Waals surface area contributed by atoms with Crippen LogP contribution in [-0.2, 0) is 0 Å². The highest BCUT2D eigenvalue weighted by molar-refractivity contribution is 6.29. The third-order valence-corrected chi connectivity index (χ3v) is 2.04. The van der Waals surface area contributed by atoms with E-state index in [9.17, 15) is 8.78 Å². The SMILES string of the molecule is Cc1nc2cc(C(F)F)cc(Cl)n2n1. The van der Waals surface area contributed by atoms with Gasteiger partial charge in [0, 0.05) is 5.56 Å². The molecule has 0 saturated carbocycles. The van der Waals surface area contributed by atoms with Crippen molar-refractivity contribution >= 4 is 17.2 Å². The normalized spacial score (nSPS) is 11.5. The molecule has 0 atom stereocenters. The van der Waals surface area contributed by atoms with Gasteiger partial charge >= 0.3 is 0 Å². The lowest BCUT2D eigenvalue weighted by Gasteiger charge is -2.01. The van der Waals surface area contributed by atoms with Gasteiger partial charge in [-0.1, -0.05) is 11.6 Å². The topological polar surface area (TPSA) is 30.2 Å². The summed E-state index contributed by atoms with van der Waals surface area (Å²) in [7, 11) is 0. The molecule has 0 aromatic carbocycles. The van der Waals surface area contributed by atoms with E-state index in [0.717, 1.165) is 0 Å². The van der Waals surface area contributed by atoms with Crippen LogP contribution in [0.3, 0.4) is 0 Å². The second kappa shape index (κ2) is 3.16. The molecule has 0 N–H and O–H groups in total. The third kappa shape index (κ3) is 1.43. The number of aryl methyl sites for hydroxylation is 1. The number of rotatable bonds is 1. The Morgan fingerprint density at radius 1 is 1.43 bits per heavy atom. The highest BCUT2D eigenvalue weighted by atomic mass is 35.5. The fourth-order valence-corrected chi connectivity index (χ4v) is 1.45. The largest absolute Gasteiger partial charge is 0.264 e. The molecule has 2 heterocycles. The molecule has 0 bridgehead atoms. The third-order valence-electron chi connectivity index (χ3n) is 1.77. The number of hydrogen-bond acceptors (Lipinski definition) is 2. The first-order chi connectivity index (χ1) is 6.58. The van der Waals surface area contributed by atoms with E-state index in [1.54, 1.807) is 6.92 Å². The molecule has 0 spiro atoms. The maximum atomic E-state index is 12.4. The van der Waals surface area contributed by atoms with E-state index >= 15 is 0 Å². The van der Waals surface area contributed by atoms with Crippen LogP contribution in [0.2, 0.25) is 5.15 Å². The zero-order chi connectivity index (χ0) is 10.3. The molecule has 2 aromatic heterocycles. The highest BCUT2D eigenvalue weighted by Crippen LogP contribution is 2.23. The van der Waals surface area contributed by atoms with Gasteiger partial charge in [-0.3, -0.25) is 0 Å². The van der Waals surface area contributed by atoms with Crippen LogP contribution >= 0.6 is 11.6 Å². The minimum Gasteiger partial charge on any atom is -0.212 e. The quantitative estimate of drug-likeness (QED) is 0.688. The number of hydrogen-bond donors (Lipinski definition) is 0. The van der Waals surface area contributed by atoms with Crippen molar-refractivity contribution in [3.05, 3.63) is 28.7 Å². The van der Waals surface area contributed by atoms with E-state index in [2.05, 4.69) is 10.1 Å². The Bertz CT molecular complexity index is 481. The monoisotopic (exact) mass is 217 g/mol. The zero-order valence-electron chi connectivity index (χ0n) is 7.21. The van der Waals surface area contributed by atoms with Gasteiger partial charge in [-0.15, -0.1) is 0 Å². The molecule has 0 amide bonds. The van der Waals surface area contributed by atoms with E-state index in [1.807, 2.05) is 0 Å². The Hall–Kier alpha value is -1.23. The minimum atomic E-state index is -2.55. The summed E-state index contributed by atoms with van der Waals surface area (Å²) in [6, 6.07) is 2.46. The van der Waals surface area contributed by atoms with Crippen LogP contribution in [0, 0.1) is 6.92 Å². The number of pyridine rings is 1. The Morgan fingerprint density at radius 3 is 2.79 bits per heavy atom. The lowest BCUT2D eigenvalue weighted by Crippen LogP contribution is -1.93. The van der Waals surface area contributed by atoms with E-state index in [4.69, 9.17) is 11.6 Å². The van der Waals surface area contributed by atoms with Gasteiger partial charge in [0.1, 0.15) is 11.0 Å². The maximum absolute atomic E-state index is 12.4. The summed E-state index contributed by atoms with van der Waals surface area (Å²) in [5, 5.41) is 4.08. The standard InChI is InChI=1S/C8H6ClF2N3/c1-4-12-7-3-5(8(10)11)2-6(9)14(7)13-4/h2-3,8H,1H3. The molecule has 14 heavy (non-hydrogen) atoms. The summed E-state index contributed by atoms with van der Waals surface area (Å²) >= 11 is 5.75. The smallest absolute Gasteiger partial charge is 0.212 e. The first-order valence-electron chi connectivity index (χ1n) is 3.89. The van der Waals surface area contributed by atoms with Gasteiger partial charge in [-0.25, -0.2) is 18.3 Å². The van der Waals surface area contributed by atoms with Gasteiger partial charge in [0.2, 0.25) is 0 Å². The Morgan fingerprint density at radius 2 is 2.14 bits per heavy atom. The van der Waals surface area contributed by atoms with E-state index in [-0.39, 0.29) is 10.7 Å². The second-order valence-corrected chi connectivity index (χ2v) is 3.23. The highest BCUT2D eigenvalue weighted by Gasteiger charge is 2.12. The molecule has 0 aliphatic carbocycles. The average molecular weight is 218 g/mol. The van der Waals surface area contributed by atoms with Crippen molar-refractivity contribution in [1.29, 1.82) is 0 Å². The van der Waals surface area contributed by atoms with Gasteiger partial charge in [-0.2, -0.15) is 5.10 Å². The van der Waals surface area contributed by atoms with Crippen molar-refractivity contribution in [3.8, 4) is 0 Å². The van der Waals surface area contributed by atoms with Crippen molar-refractivity contribution in [2.45, 2.75) is 13.3 Å². The van der Waals surface area contributed by atoms with E-state index < -0.39 is 6.43 Å². The van der Waals surface area contributed by atoms with Crippen molar-refractivity contribution in [1.82, 2.24) is 14.6 Å². The van der Waals surface area contributed by atoms with Crippen molar-refractivity contribution in [3.63, 3.8) is 0 Å². The number of fused-ring (bicyclic) bond motifs is 1. The van der Waals surface area contributed by atoms with Gasteiger partial charge in [-0.05, 0) is 19.1 Å². The summed E-state index contributed by atoms with van der Waals surface area (Å²) in [6.45, 7) is 1.67. The number of halogens is 3. The average Bonchev–Trinajstić information content (AvgIpc) is 2.45. The Balaban J connectivity index is 2.71. The molecule has 6 heteroatoms. The fraction of sp³-hybridized carbons (Fsp3) is 0.250. The molecule has 0 aliphatic rings. The lowest BCUT2D eigenvalue weighted by molar-refractivity contribution is 0.151. The van der Waals surface area contributed by atoms with Crippen molar-refractivity contribution in [2.24, 2.45) is 0 Å². The first kappa shape index (κ1) is 9.33. The summed E-state index contributed by atoms with van der Waals surface area (Å²) in [5.74, 6) is 0.498. The lowest BCUT2D eigenvalue weighted by atomic mass is 10.3. The van der Waals surface area contributed by atoms with Gasteiger partial charge in [0.05, 0.1) is 0 Å². The Labute approximate surface area is 83.3 Å². The van der Waals surface area contributed by atoms with Crippen LogP contribution in [0.5, 0.6) is 0 Å². The molecule has 0 aliphatic heterocycles. The second-order valence-electron chi connectivity index (χ2n) is 2.84. The first-order valence-corrected chi connectivity index (χ1v) is 4.26. The van der Waals surface area contributed by atoms with Crippen molar-refractivity contribution < 1.29 is 8.78 Å². The predicted molar refractivity (Wildman–Crippen MR) is 47.7 cm³/mol. The molecular formula is C8H6ClF2N3. The van der Waals surface area contributed by atoms with Crippen LogP contribution in [0.15, 0.2) is 12.1 Å². The summed E-state index contributed by atoms with van der Waals surface area (Å²) in [4.78, 5) is 3.95. The molecule has 0 saturated heterocycles. The Kier molecular flexibility index (Phi) is 2.11. The van der Waals surface area contributed by atoms with Crippen LogP contribution in [0.25, 0.3) is 5.65 Å². The summed E-state index contributed by atoms with van der Waals surface area (Å²) in [6.07, 6.45) is -2.55. The number of aromatic nitrogens is 3. The molecule has 2 rings (SSSR count). The molecule has 0 unspecified atom stereocenters. The summed E-state index contributed by atoms with van der Waals surface area (Å²) < 4.78 is 26.1. The molecule has 3 nitrogen and oxygen atoms in total.